The van der Waals surface area contributed by atoms with Gasteiger partial charge in [0.2, 0.25) is 0 Å². The van der Waals surface area contributed by atoms with Crippen molar-refractivity contribution >= 4 is 11.6 Å². The lowest BCUT2D eigenvalue weighted by Gasteiger charge is -2.10. The smallest absolute Gasteiger partial charge is 0.132 e. The molecule has 0 aromatic heterocycles. The van der Waals surface area contributed by atoms with Crippen LogP contribution in [0.3, 0.4) is 0 Å². The van der Waals surface area contributed by atoms with Gasteiger partial charge < -0.3 is 4.79 Å². The number of carbonyl (C=O) groups excluding carboxylic acids is 2. The fraction of sp³-hybridized carbons (Fsp3) is 0.900. The molecule has 0 aromatic rings. The van der Waals surface area contributed by atoms with Crippen LogP contribution < -0.4 is 0 Å². The zero-order valence-electron chi connectivity index (χ0n) is 15.3. The highest BCUT2D eigenvalue weighted by Crippen LogP contribution is 2.17. The number of unbranched alkanes of at least 4 members (excludes halogenated alkanes) is 7. The molecule has 0 saturated heterocycles. The lowest BCUT2D eigenvalue weighted by Crippen LogP contribution is -2.03. The molecule has 0 saturated carbocycles. The predicted molar refractivity (Wildman–Crippen MR) is 95.2 cm³/mol. The Bertz CT molecular complexity index is 283. The zero-order valence-corrected chi connectivity index (χ0v) is 15.3. The number of carbonyl (C=O) groups is 2. The number of hydrogen-bond acceptors (Lipinski definition) is 2. The van der Waals surface area contributed by atoms with Crippen LogP contribution in [0.2, 0.25) is 0 Å². The molecule has 0 N–H and O–H groups in total. The van der Waals surface area contributed by atoms with Gasteiger partial charge in [-0.15, -0.1) is 0 Å². The van der Waals surface area contributed by atoms with Gasteiger partial charge >= 0.3 is 0 Å². The van der Waals surface area contributed by atoms with E-state index >= 15 is 0 Å². The molecule has 0 aliphatic rings. The van der Waals surface area contributed by atoms with Gasteiger partial charge in [0.05, 0.1) is 0 Å². The van der Waals surface area contributed by atoms with Crippen LogP contribution in [0.25, 0.3) is 0 Å². The van der Waals surface area contributed by atoms with Crippen LogP contribution in [-0.2, 0) is 9.59 Å². The van der Waals surface area contributed by atoms with E-state index in [0.717, 1.165) is 32.1 Å². The highest BCUT2D eigenvalue weighted by Gasteiger charge is 2.07. The number of Topliss-reactive ketones (excluding diaryl/α,β-unsaturated/α-hetero) is 2. The highest BCUT2D eigenvalue weighted by molar-refractivity contribution is 5.78. The van der Waals surface area contributed by atoms with Crippen LogP contribution in [0.15, 0.2) is 0 Å². The monoisotopic (exact) mass is 310 g/mol. The second-order valence-corrected chi connectivity index (χ2v) is 7.00. The molecular formula is C20H38O2. The summed E-state index contributed by atoms with van der Waals surface area (Å²) in [6, 6.07) is 0. The highest BCUT2D eigenvalue weighted by atomic mass is 16.1. The molecule has 0 bridgehead atoms. The molecular weight excluding hydrogens is 272 g/mol. The summed E-state index contributed by atoms with van der Waals surface area (Å²) in [5, 5.41) is 0. The first-order valence-corrected chi connectivity index (χ1v) is 9.57. The topological polar surface area (TPSA) is 34.1 Å². The second-order valence-electron chi connectivity index (χ2n) is 7.00. The summed E-state index contributed by atoms with van der Waals surface area (Å²) < 4.78 is 0. The first kappa shape index (κ1) is 21.3. The Morgan fingerprint density at radius 1 is 0.727 bits per heavy atom. The molecule has 22 heavy (non-hydrogen) atoms. The lowest BCUT2D eigenvalue weighted by molar-refractivity contribution is -0.119. The summed E-state index contributed by atoms with van der Waals surface area (Å²) in [7, 11) is 0. The van der Waals surface area contributed by atoms with Gasteiger partial charge in [0.1, 0.15) is 11.6 Å². The van der Waals surface area contributed by atoms with Gasteiger partial charge in [-0.25, -0.2) is 0 Å². The number of rotatable bonds is 16. The van der Waals surface area contributed by atoms with E-state index in [1.165, 1.54) is 44.9 Å². The molecule has 2 heteroatoms. The Hall–Kier alpha value is -0.660. The SMILES string of the molecule is CCCCCCCCC(C)CCC(=O)CCCCCC(C)=O. The van der Waals surface area contributed by atoms with Gasteiger partial charge in [-0.2, -0.15) is 0 Å². The van der Waals surface area contributed by atoms with Crippen molar-refractivity contribution in [3.63, 3.8) is 0 Å². The summed E-state index contributed by atoms with van der Waals surface area (Å²) in [5.74, 6) is 1.36. The largest absolute Gasteiger partial charge is 0.300 e. The van der Waals surface area contributed by atoms with Crippen LogP contribution >= 0.6 is 0 Å². The van der Waals surface area contributed by atoms with E-state index in [1.54, 1.807) is 6.92 Å². The standard InChI is InChI=1S/C20H38O2/c1-4-5-6-7-8-10-13-18(2)16-17-20(22)15-12-9-11-14-19(3)21/h18H,4-17H2,1-3H3. The molecule has 0 aromatic carbocycles. The van der Waals surface area contributed by atoms with Gasteiger partial charge in [0.25, 0.3) is 0 Å². The van der Waals surface area contributed by atoms with Crippen molar-refractivity contribution in [3.8, 4) is 0 Å². The van der Waals surface area contributed by atoms with E-state index in [9.17, 15) is 9.59 Å². The molecule has 0 radical (unpaired) electrons. The van der Waals surface area contributed by atoms with Crippen molar-refractivity contribution in [1.82, 2.24) is 0 Å². The summed E-state index contributed by atoms with van der Waals surface area (Å²) >= 11 is 0. The molecule has 2 nitrogen and oxygen atoms in total. The zero-order chi connectivity index (χ0) is 16.6. The normalized spacial score (nSPS) is 12.3. The van der Waals surface area contributed by atoms with E-state index in [1.807, 2.05) is 0 Å². The molecule has 1 unspecified atom stereocenters. The van der Waals surface area contributed by atoms with Crippen molar-refractivity contribution in [1.29, 1.82) is 0 Å². The molecule has 0 aliphatic heterocycles. The Kier molecular flexibility index (Phi) is 14.8. The average molecular weight is 311 g/mol. The molecule has 0 spiro atoms. The van der Waals surface area contributed by atoms with E-state index in [2.05, 4.69) is 13.8 Å². The van der Waals surface area contributed by atoms with E-state index in [-0.39, 0.29) is 5.78 Å². The quantitative estimate of drug-likeness (QED) is 0.315. The summed E-state index contributed by atoms with van der Waals surface area (Å²) in [4.78, 5) is 22.6. The van der Waals surface area contributed by atoms with Crippen molar-refractivity contribution < 1.29 is 9.59 Å². The molecule has 1 atom stereocenters. The van der Waals surface area contributed by atoms with Gasteiger partial charge in [-0.05, 0) is 32.1 Å². The van der Waals surface area contributed by atoms with Crippen LogP contribution in [-0.4, -0.2) is 11.6 Å². The minimum atomic E-state index is 0.259. The summed E-state index contributed by atoms with van der Waals surface area (Å²) in [5.41, 5.74) is 0. The molecule has 0 aliphatic carbocycles. The molecule has 0 amide bonds. The Balaban J connectivity index is 3.39. The maximum absolute atomic E-state index is 11.8. The minimum absolute atomic E-state index is 0.259. The predicted octanol–water partition coefficient (Wildman–Crippen LogP) is 6.26. The van der Waals surface area contributed by atoms with Gasteiger partial charge in [-0.1, -0.05) is 65.2 Å². The van der Waals surface area contributed by atoms with Gasteiger partial charge in [0, 0.05) is 19.3 Å². The van der Waals surface area contributed by atoms with Crippen molar-refractivity contribution in [3.05, 3.63) is 0 Å². The summed E-state index contributed by atoms with van der Waals surface area (Å²) in [6.07, 6.45) is 15.5. The van der Waals surface area contributed by atoms with Crippen LogP contribution in [0.4, 0.5) is 0 Å². The number of hydrogen-bond donors (Lipinski definition) is 0. The maximum atomic E-state index is 11.8. The van der Waals surface area contributed by atoms with E-state index in [4.69, 9.17) is 0 Å². The van der Waals surface area contributed by atoms with Crippen LogP contribution in [0.5, 0.6) is 0 Å². The fourth-order valence-electron chi connectivity index (χ4n) is 2.82. The first-order chi connectivity index (χ1) is 10.6. The van der Waals surface area contributed by atoms with Gasteiger partial charge in [0.15, 0.2) is 0 Å². The Morgan fingerprint density at radius 3 is 2.00 bits per heavy atom. The van der Waals surface area contributed by atoms with E-state index in [0.29, 0.717) is 24.5 Å². The van der Waals surface area contributed by atoms with Crippen LogP contribution in [0, 0.1) is 5.92 Å². The summed E-state index contributed by atoms with van der Waals surface area (Å²) in [6.45, 7) is 6.17. The third-order valence-corrected chi connectivity index (χ3v) is 4.45. The van der Waals surface area contributed by atoms with E-state index < -0.39 is 0 Å². The average Bonchev–Trinajstić information content (AvgIpc) is 2.48. The second kappa shape index (κ2) is 15.2. The first-order valence-electron chi connectivity index (χ1n) is 9.57. The third-order valence-electron chi connectivity index (χ3n) is 4.45. The fourth-order valence-corrected chi connectivity index (χ4v) is 2.82. The lowest BCUT2D eigenvalue weighted by atomic mass is 9.95. The maximum Gasteiger partial charge on any atom is 0.132 e. The Labute approximate surface area is 138 Å². The number of ketones is 2. The van der Waals surface area contributed by atoms with Gasteiger partial charge in [-0.3, -0.25) is 4.79 Å². The molecule has 0 fully saturated rings. The van der Waals surface area contributed by atoms with Crippen molar-refractivity contribution in [2.45, 2.75) is 111 Å². The molecule has 130 valence electrons. The van der Waals surface area contributed by atoms with Crippen LogP contribution in [0.1, 0.15) is 111 Å². The third kappa shape index (κ3) is 15.7. The van der Waals surface area contributed by atoms with Crippen molar-refractivity contribution in [2.75, 3.05) is 0 Å². The molecule has 0 heterocycles. The minimum Gasteiger partial charge on any atom is -0.300 e. The Morgan fingerprint density at radius 2 is 1.32 bits per heavy atom. The molecule has 0 rings (SSSR count). The van der Waals surface area contributed by atoms with Crippen molar-refractivity contribution in [2.24, 2.45) is 5.92 Å².